The van der Waals surface area contributed by atoms with Crippen molar-refractivity contribution in [2.75, 3.05) is 11.5 Å². The van der Waals surface area contributed by atoms with Crippen LogP contribution in [0.15, 0.2) is 24.3 Å². The number of benzene rings is 1. The van der Waals surface area contributed by atoms with Crippen molar-refractivity contribution in [3.63, 3.8) is 0 Å². The molecule has 1 aromatic carbocycles. The molecule has 0 aliphatic carbocycles. The number of sulfonamides is 1. The molecule has 0 saturated heterocycles. The Hall–Kier alpha value is -1.56. The van der Waals surface area contributed by atoms with Gasteiger partial charge in [-0.3, -0.25) is 9.52 Å². The maximum Gasteiger partial charge on any atom is 0.237 e. The van der Waals surface area contributed by atoms with Crippen LogP contribution in [-0.4, -0.2) is 20.1 Å². The third-order valence-electron chi connectivity index (χ3n) is 2.06. The minimum absolute atomic E-state index is 0.00792. The van der Waals surface area contributed by atoms with Gasteiger partial charge in [0.15, 0.2) is 0 Å². The van der Waals surface area contributed by atoms with Crippen molar-refractivity contribution in [1.29, 1.82) is 0 Å². The molecule has 0 aromatic heterocycles. The van der Waals surface area contributed by atoms with Gasteiger partial charge in [0.25, 0.3) is 0 Å². The van der Waals surface area contributed by atoms with Gasteiger partial charge in [0, 0.05) is 5.69 Å². The van der Waals surface area contributed by atoms with Gasteiger partial charge in [0.05, 0.1) is 12.2 Å². The number of anilines is 1. The number of carbonyl (C=O) groups is 1. The van der Waals surface area contributed by atoms with Gasteiger partial charge in [-0.05, 0) is 24.1 Å². The number of nitrogens with two attached hydrogens (primary N) is 1. The van der Waals surface area contributed by atoms with Crippen molar-refractivity contribution in [2.45, 2.75) is 19.8 Å². The minimum Gasteiger partial charge on any atom is -0.399 e. The smallest absolute Gasteiger partial charge is 0.237 e. The van der Waals surface area contributed by atoms with Gasteiger partial charge < -0.3 is 5.73 Å². The highest BCUT2D eigenvalue weighted by Gasteiger charge is 2.13. The Morgan fingerprint density at radius 3 is 2.71 bits per heavy atom. The van der Waals surface area contributed by atoms with Crippen molar-refractivity contribution in [3.05, 3.63) is 29.8 Å². The Balaban J connectivity index is 2.62. The lowest BCUT2D eigenvalue weighted by molar-refractivity contribution is -0.118. The first-order chi connectivity index (χ1) is 7.93. The predicted molar refractivity (Wildman–Crippen MR) is 66.8 cm³/mol. The molecule has 0 atom stereocenters. The zero-order chi connectivity index (χ0) is 12.9. The summed E-state index contributed by atoms with van der Waals surface area (Å²) in [6.45, 7) is 1.74. The van der Waals surface area contributed by atoms with E-state index in [1.54, 1.807) is 31.2 Å². The van der Waals surface area contributed by atoms with E-state index in [-0.39, 0.29) is 12.2 Å². The molecule has 94 valence electrons. The fraction of sp³-hybridized carbons (Fsp3) is 0.364. The molecule has 0 bridgehead atoms. The first kappa shape index (κ1) is 13.5. The highest BCUT2D eigenvalue weighted by molar-refractivity contribution is 7.90. The van der Waals surface area contributed by atoms with Gasteiger partial charge in [-0.2, -0.15) is 0 Å². The quantitative estimate of drug-likeness (QED) is 0.758. The molecule has 0 saturated carbocycles. The molecule has 0 radical (unpaired) electrons. The van der Waals surface area contributed by atoms with Crippen LogP contribution in [0, 0.1) is 0 Å². The lowest BCUT2D eigenvalue weighted by Crippen LogP contribution is -2.33. The molecule has 0 unspecified atom stereocenters. The average Bonchev–Trinajstić information content (AvgIpc) is 2.15. The highest BCUT2D eigenvalue weighted by atomic mass is 32.2. The van der Waals surface area contributed by atoms with Crippen molar-refractivity contribution in [1.82, 2.24) is 4.72 Å². The van der Waals surface area contributed by atoms with Crippen LogP contribution in [-0.2, 0) is 21.2 Å². The topological polar surface area (TPSA) is 89.3 Å². The molecular weight excluding hydrogens is 240 g/mol. The standard InChI is InChI=1S/C11H16N2O3S/c1-2-6-17(15,16)13-11(14)8-9-4-3-5-10(12)7-9/h3-5,7H,2,6,8,12H2,1H3,(H,13,14). The normalized spacial score (nSPS) is 11.1. The van der Waals surface area contributed by atoms with Crippen LogP contribution in [0.1, 0.15) is 18.9 Å². The minimum atomic E-state index is -3.49. The van der Waals surface area contributed by atoms with Crippen LogP contribution in [0.25, 0.3) is 0 Å². The Morgan fingerprint density at radius 1 is 1.41 bits per heavy atom. The van der Waals surface area contributed by atoms with Crippen LogP contribution in [0.5, 0.6) is 0 Å². The second-order valence-corrected chi connectivity index (χ2v) is 5.61. The molecule has 0 heterocycles. The van der Waals surface area contributed by atoms with Gasteiger partial charge in [-0.15, -0.1) is 0 Å². The van der Waals surface area contributed by atoms with E-state index < -0.39 is 15.9 Å². The zero-order valence-corrected chi connectivity index (χ0v) is 10.5. The number of carbonyl (C=O) groups excluding carboxylic acids is 1. The lowest BCUT2D eigenvalue weighted by Gasteiger charge is -2.06. The Bertz CT molecular complexity index is 497. The van der Waals surface area contributed by atoms with E-state index in [4.69, 9.17) is 5.73 Å². The summed E-state index contributed by atoms with van der Waals surface area (Å²) in [6, 6.07) is 6.79. The van der Waals surface area contributed by atoms with Gasteiger partial charge in [0.2, 0.25) is 15.9 Å². The maximum atomic E-state index is 11.5. The number of amides is 1. The van der Waals surface area contributed by atoms with E-state index >= 15 is 0 Å². The van der Waals surface area contributed by atoms with E-state index in [0.717, 1.165) is 0 Å². The van der Waals surface area contributed by atoms with E-state index in [0.29, 0.717) is 17.7 Å². The van der Waals surface area contributed by atoms with Crippen molar-refractivity contribution < 1.29 is 13.2 Å². The summed E-state index contributed by atoms with van der Waals surface area (Å²) in [5, 5.41) is 0. The SMILES string of the molecule is CCCS(=O)(=O)NC(=O)Cc1cccc(N)c1. The summed E-state index contributed by atoms with van der Waals surface area (Å²) >= 11 is 0. The molecule has 1 amide bonds. The van der Waals surface area contributed by atoms with E-state index in [2.05, 4.69) is 0 Å². The molecule has 0 aliphatic rings. The molecule has 1 aromatic rings. The summed E-state index contributed by atoms with van der Waals surface area (Å²) in [5.74, 6) is -0.584. The fourth-order valence-electron chi connectivity index (χ4n) is 1.42. The molecule has 6 heteroatoms. The van der Waals surface area contributed by atoms with Crippen molar-refractivity contribution in [3.8, 4) is 0 Å². The monoisotopic (exact) mass is 256 g/mol. The fourth-order valence-corrected chi connectivity index (χ4v) is 2.48. The van der Waals surface area contributed by atoms with Crippen LogP contribution in [0.3, 0.4) is 0 Å². The van der Waals surface area contributed by atoms with E-state index in [9.17, 15) is 13.2 Å². The summed E-state index contributed by atoms with van der Waals surface area (Å²) in [6.07, 6.45) is 0.481. The average molecular weight is 256 g/mol. The maximum absolute atomic E-state index is 11.5. The Kier molecular flexibility index (Phi) is 4.51. The second-order valence-electron chi connectivity index (χ2n) is 3.77. The summed E-state index contributed by atoms with van der Waals surface area (Å²) in [4.78, 5) is 11.5. The number of rotatable bonds is 5. The summed E-state index contributed by atoms with van der Waals surface area (Å²) in [7, 11) is -3.49. The third kappa shape index (κ3) is 4.86. The van der Waals surface area contributed by atoms with Crippen LogP contribution in [0.4, 0.5) is 5.69 Å². The molecule has 0 spiro atoms. The Labute approximate surface area is 101 Å². The summed E-state index contributed by atoms with van der Waals surface area (Å²) in [5.41, 5.74) is 6.80. The molecule has 0 aliphatic heterocycles. The largest absolute Gasteiger partial charge is 0.399 e. The van der Waals surface area contributed by atoms with Gasteiger partial charge in [-0.1, -0.05) is 19.1 Å². The second kappa shape index (κ2) is 5.67. The van der Waals surface area contributed by atoms with Crippen LogP contribution in [0.2, 0.25) is 0 Å². The summed E-state index contributed by atoms with van der Waals surface area (Å²) < 4.78 is 24.7. The van der Waals surface area contributed by atoms with Crippen molar-refractivity contribution >= 4 is 21.6 Å². The zero-order valence-electron chi connectivity index (χ0n) is 9.64. The molecule has 17 heavy (non-hydrogen) atoms. The van der Waals surface area contributed by atoms with Gasteiger partial charge >= 0.3 is 0 Å². The Morgan fingerprint density at radius 2 is 2.12 bits per heavy atom. The third-order valence-corrected chi connectivity index (χ3v) is 3.54. The van der Waals surface area contributed by atoms with Crippen molar-refractivity contribution in [2.24, 2.45) is 0 Å². The first-order valence-corrected chi connectivity index (χ1v) is 6.96. The first-order valence-electron chi connectivity index (χ1n) is 5.30. The van der Waals surface area contributed by atoms with Gasteiger partial charge in [-0.25, -0.2) is 8.42 Å². The van der Waals surface area contributed by atoms with Crippen LogP contribution < -0.4 is 10.5 Å². The lowest BCUT2D eigenvalue weighted by atomic mass is 10.1. The molecule has 3 N–H and O–H groups in total. The number of hydrogen-bond acceptors (Lipinski definition) is 4. The van der Waals surface area contributed by atoms with Gasteiger partial charge in [0.1, 0.15) is 0 Å². The van der Waals surface area contributed by atoms with E-state index in [1.165, 1.54) is 0 Å². The molecule has 0 fully saturated rings. The van der Waals surface area contributed by atoms with E-state index in [1.807, 2.05) is 4.72 Å². The predicted octanol–water partition coefficient (Wildman–Crippen LogP) is 0.667. The van der Waals surface area contributed by atoms with Crippen LogP contribution >= 0.6 is 0 Å². The highest BCUT2D eigenvalue weighted by Crippen LogP contribution is 2.07. The number of nitrogen functional groups attached to an aromatic ring is 1. The number of hydrogen-bond donors (Lipinski definition) is 2. The number of nitrogens with one attached hydrogen (secondary N) is 1. The molecular formula is C11H16N2O3S. The molecule has 5 nitrogen and oxygen atoms in total. The molecule has 1 rings (SSSR count).